The highest BCUT2D eigenvalue weighted by Gasteiger charge is 2.34. The summed E-state index contributed by atoms with van der Waals surface area (Å²) in [7, 11) is 0.910. The topological polar surface area (TPSA) is 102 Å². The van der Waals surface area contributed by atoms with Crippen LogP contribution in [0.4, 0.5) is 18.9 Å². The fourth-order valence-electron chi connectivity index (χ4n) is 1.34. The zero-order valence-electron chi connectivity index (χ0n) is 9.72. The summed E-state index contributed by atoms with van der Waals surface area (Å²) in [6.45, 7) is 0. The normalized spacial score (nSPS) is 10.6. The predicted octanol–water partition coefficient (Wildman–Crippen LogP) is 2.15. The number of hydrogen-bond acceptors (Lipinski definition) is 6. The van der Waals surface area contributed by atoms with Crippen LogP contribution in [0.1, 0.15) is 15.9 Å². The Bertz CT molecular complexity index is 606. The second-order valence-electron chi connectivity index (χ2n) is 3.27. The SMILES string of the molecule is COC(=O)c1c(C#N)cc(OC(F)(F)F)cc1[N+](=O)[O-]. The van der Waals surface area contributed by atoms with Crippen molar-refractivity contribution in [2.75, 3.05) is 7.11 Å². The van der Waals surface area contributed by atoms with Crippen molar-refractivity contribution in [3.05, 3.63) is 33.4 Å². The molecule has 0 aliphatic heterocycles. The molecule has 0 aliphatic rings. The molecule has 10 heteroatoms. The van der Waals surface area contributed by atoms with Gasteiger partial charge in [0.25, 0.3) is 5.69 Å². The number of rotatable bonds is 3. The van der Waals surface area contributed by atoms with Crippen LogP contribution in [0, 0.1) is 21.4 Å². The highest BCUT2D eigenvalue weighted by Crippen LogP contribution is 2.32. The molecule has 20 heavy (non-hydrogen) atoms. The third kappa shape index (κ3) is 3.35. The van der Waals surface area contributed by atoms with Crippen LogP contribution in [0.2, 0.25) is 0 Å². The summed E-state index contributed by atoms with van der Waals surface area (Å²) in [5.41, 5.74) is -2.42. The van der Waals surface area contributed by atoms with Gasteiger partial charge in [0.1, 0.15) is 11.8 Å². The van der Waals surface area contributed by atoms with Crippen LogP contribution in [-0.2, 0) is 4.74 Å². The summed E-state index contributed by atoms with van der Waals surface area (Å²) in [5, 5.41) is 19.6. The summed E-state index contributed by atoms with van der Waals surface area (Å²) in [6.07, 6.45) is -5.09. The fraction of sp³-hybridized carbons (Fsp3) is 0.200. The summed E-state index contributed by atoms with van der Waals surface area (Å²) in [4.78, 5) is 21.0. The molecule has 0 radical (unpaired) electrons. The molecule has 1 rings (SSSR count). The average Bonchev–Trinajstić information content (AvgIpc) is 2.34. The molecule has 0 saturated heterocycles. The van der Waals surface area contributed by atoms with E-state index in [1.165, 1.54) is 6.07 Å². The first kappa shape index (κ1) is 15.2. The Morgan fingerprint density at radius 1 is 1.45 bits per heavy atom. The minimum atomic E-state index is -5.09. The predicted molar refractivity (Wildman–Crippen MR) is 55.8 cm³/mol. The summed E-state index contributed by atoms with van der Waals surface area (Å²) in [5.74, 6) is -2.19. The fourth-order valence-corrected chi connectivity index (χ4v) is 1.34. The quantitative estimate of drug-likeness (QED) is 0.480. The summed E-state index contributed by atoms with van der Waals surface area (Å²) >= 11 is 0. The molecule has 0 aromatic heterocycles. The van der Waals surface area contributed by atoms with Gasteiger partial charge in [-0.3, -0.25) is 10.1 Å². The van der Waals surface area contributed by atoms with Gasteiger partial charge in [0.05, 0.1) is 23.7 Å². The Kier molecular flexibility index (Phi) is 4.14. The summed E-state index contributed by atoms with van der Waals surface area (Å²) < 4.78 is 44.0. The number of carbonyl (C=O) groups excluding carboxylic acids is 1. The van der Waals surface area contributed by atoms with E-state index >= 15 is 0 Å². The van der Waals surface area contributed by atoms with Crippen LogP contribution >= 0.6 is 0 Å². The van der Waals surface area contributed by atoms with E-state index in [-0.39, 0.29) is 0 Å². The van der Waals surface area contributed by atoms with Gasteiger partial charge >= 0.3 is 12.3 Å². The third-order valence-electron chi connectivity index (χ3n) is 2.03. The van der Waals surface area contributed by atoms with E-state index in [9.17, 15) is 28.1 Å². The smallest absolute Gasteiger partial charge is 0.465 e. The van der Waals surface area contributed by atoms with Gasteiger partial charge in [-0.15, -0.1) is 13.2 Å². The average molecular weight is 290 g/mol. The number of nitriles is 1. The van der Waals surface area contributed by atoms with Crippen LogP contribution in [0.3, 0.4) is 0 Å². The van der Waals surface area contributed by atoms with E-state index in [1.54, 1.807) is 0 Å². The van der Waals surface area contributed by atoms with Crippen LogP contribution in [0.25, 0.3) is 0 Å². The number of esters is 1. The standard InChI is InChI=1S/C10H5F3N2O5/c1-19-9(16)8-5(4-14)2-6(20-10(11,12)13)3-7(8)15(17)18/h2-3H,1H3. The van der Waals surface area contributed by atoms with Crippen LogP contribution in [0.5, 0.6) is 5.75 Å². The Labute approximate surface area is 109 Å². The lowest BCUT2D eigenvalue weighted by Crippen LogP contribution is -2.18. The van der Waals surface area contributed by atoms with Crippen molar-refractivity contribution in [3.8, 4) is 11.8 Å². The lowest BCUT2D eigenvalue weighted by atomic mass is 10.1. The number of nitro benzene ring substituents is 1. The van der Waals surface area contributed by atoms with Gasteiger partial charge in [-0.25, -0.2) is 4.79 Å². The number of benzene rings is 1. The molecule has 1 aromatic carbocycles. The molecule has 0 saturated carbocycles. The first-order valence-electron chi connectivity index (χ1n) is 4.76. The number of hydrogen-bond donors (Lipinski definition) is 0. The number of nitro groups is 1. The van der Waals surface area contributed by atoms with Crippen molar-refractivity contribution in [1.82, 2.24) is 0 Å². The van der Waals surface area contributed by atoms with Crippen LogP contribution < -0.4 is 4.74 Å². The Balaban J connectivity index is 3.52. The zero-order chi connectivity index (χ0) is 15.5. The molecular formula is C10H5F3N2O5. The highest BCUT2D eigenvalue weighted by atomic mass is 19.4. The largest absolute Gasteiger partial charge is 0.573 e. The molecule has 0 atom stereocenters. The third-order valence-corrected chi connectivity index (χ3v) is 2.03. The number of ether oxygens (including phenoxy) is 2. The number of methoxy groups -OCH3 is 1. The number of carbonyl (C=O) groups is 1. The van der Waals surface area contributed by atoms with Gasteiger partial charge in [0.15, 0.2) is 5.56 Å². The van der Waals surface area contributed by atoms with Crippen molar-refractivity contribution < 1.29 is 32.4 Å². The molecule has 0 unspecified atom stereocenters. The number of halogens is 3. The maximum atomic E-state index is 12.1. The molecule has 0 aliphatic carbocycles. The molecule has 0 bridgehead atoms. The Morgan fingerprint density at radius 2 is 2.05 bits per heavy atom. The molecule has 0 heterocycles. The lowest BCUT2D eigenvalue weighted by Gasteiger charge is -2.10. The molecule has 0 spiro atoms. The molecule has 1 aromatic rings. The van der Waals surface area contributed by atoms with E-state index in [1.807, 2.05) is 0 Å². The van der Waals surface area contributed by atoms with Gasteiger partial charge in [-0.1, -0.05) is 0 Å². The Hall–Kier alpha value is -2.83. The van der Waals surface area contributed by atoms with E-state index in [0.717, 1.165) is 7.11 Å². The summed E-state index contributed by atoms with van der Waals surface area (Å²) in [6, 6.07) is 2.33. The molecule has 0 fully saturated rings. The van der Waals surface area contributed by atoms with Crippen LogP contribution in [0.15, 0.2) is 12.1 Å². The van der Waals surface area contributed by atoms with Crippen molar-refractivity contribution in [2.45, 2.75) is 6.36 Å². The molecule has 0 N–H and O–H groups in total. The minimum absolute atomic E-state index is 0.389. The Morgan fingerprint density at radius 3 is 2.45 bits per heavy atom. The van der Waals surface area contributed by atoms with Gasteiger partial charge in [0.2, 0.25) is 0 Å². The molecule has 106 valence electrons. The van der Waals surface area contributed by atoms with E-state index in [4.69, 9.17) is 5.26 Å². The first-order chi connectivity index (χ1) is 9.19. The molecule has 7 nitrogen and oxygen atoms in total. The number of alkyl halides is 3. The lowest BCUT2D eigenvalue weighted by molar-refractivity contribution is -0.385. The van der Waals surface area contributed by atoms with E-state index in [2.05, 4.69) is 9.47 Å². The minimum Gasteiger partial charge on any atom is -0.465 e. The highest BCUT2D eigenvalue weighted by molar-refractivity contribution is 5.97. The molecule has 0 amide bonds. The number of nitrogens with zero attached hydrogens (tertiary/aromatic N) is 2. The molecular weight excluding hydrogens is 285 g/mol. The maximum absolute atomic E-state index is 12.1. The van der Waals surface area contributed by atoms with Crippen molar-refractivity contribution in [2.24, 2.45) is 0 Å². The first-order valence-corrected chi connectivity index (χ1v) is 4.76. The van der Waals surface area contributed by atoms with Crippen LogP contribution in [-0.4, -0.2) is 24.4 Å². The van der Waals surface area contributed by atoms with Crippen molar-refractivity contribution >= 4 is 11.7 Å². The second kappa shape index (κ2) is 5.43. The maximum Gasteiger partial charge on any atom is 0.573 e. The monoisotopic (exact) mass is 290 g/mol. The van der Waals surface area contributed by atoms with Gasteiger partial charge in [-0.05, 0) is 6.07 Å². The van der Waals surface area contributed by atoms with Crippen molar-refractivity contribution in [1.29, 1.82) is 5.26 Å². The van der Waals surface area contributed by atoms with E-state index < -0.39 is 39.8 Å². The zero-order valence-corrected chi connectivity index (χ0v) is 9.72. The van der Waals surface area contributed by atoms with Crippen molar-refractivity contribution in [3.63, 3.8) is 0 Å². The van der Waals surface area contributed by atoms with Gasteiger partial charge in [-0.2, -0.15) is 5.26 Å². The second-order valence-corrected chi connectivity index (χ2v) is 3.27. The van der Waals surface area contributed by atoms with E-state index in [0.29, 0.717) is 12.1 Å². The van der Waals surface area contributed by atoms with Gasteiger partial charge < -0.3 is 9.47 Å². The van der Waals surface area contributed by atoms with Gasteiger partial charge in [0, 0.05) is 0 Å².